The van der Waals surface area contributed by atoms with Crippen LogP contribution in [0.15, 0.2) is 65.7 Å². The van der Waals surface area contributed by atoms with Crippen molar-refractivity contribution in [2.24, 2.45) is 5.73 Å². The molecule has 2 aromatic heterocycles. The number of methoxy groups -OCH3 is 1. The number of hydrogen-bond acceptors (Lipinski definition) is 8. The highest BCUT2D eigenvalue weighted by Gasteiger charge is 2.38. The van der Waals surface area contributed by atoms with Crippen LogP contribution < -0.4 is 16.2 Å². The molecule has 2 aromatic carbocycles. The van der Waals surface area contributed by atoms with Gasteiger partial charge in [0.05, 0.1) is 6.61 Å². The predicted octanol–water partition coefficient (Wildman–Crippen LogP) is 3.23. The lowest BCUT2D eigenvalue weighted by atomic mass is 9.89. The van der Waals surface area contributed by atoms with Gasteiger partial charge in [0.2, 0.25) is 0 Å². The van der Waals surface area contributed by atoms with Crippen molar-refractivity contribution in [3.05, 3.63) is 99.5 Å². The number of aliphatic carboxylic acids is 1. The van der Waals surface area contributed by atoms with E-state index in [-0.39, 0.29) is 17.7 Å². The Hall–Kier alpha value is -5.05. The Bertz CT molecular complexity index is 1570. The van der Waals surface area contributed by atoms with Crippen LogP contribution in [-0.4, -0.2) is 68.1 Å². The standard InChI is InChI=1S/C26H29N7O3.C2HF3O2/c1-3-17-13-20(16-21(14-17)36-12-11-35-2)22(15-18-5-7-19(8-6-18)23(27)28)24-31-26(34)33(32-24)25-29-9-4-10-30-25;3-2(4,5)1(6)7/h4-10,13-14,16,22H,3,11-12,15H2,1-2H3,(H3,27,28)(H,31,32,34);(H,6,7). The van der Waals surface area contributed by atoms with E-state index in [2.05, 4.69) is 33.0 Å². The Kier molecular flexibility index (Phi) is 11.1. The third-order valence-corrected chi connectivity index (χ3v) is 6.01. The van der Waals surface area contributed by atoms with Gasteiger partial charge in [-0.2, -0.15) is 13.2 Å². The molecule has 4 rings (SSSR count). The molecule has 0 fully saturated rings. The number of H-pyrrole nitrogens is 1. The number of carboxylic acid groups (broad SMARTS) is 1. The summed E-state index contributed by atoms with van der Waals surface area (Å²) in [6, 6.07) is 15.3. The van der Waals surface area contributed by atoms with Gasteiger partial charge in [0.1, 0.15) is 24.0 Å². The number of nitrogen functional groups attached to an aromatic ring is 1. The molecule has 2 heterocycles. The summed E-state index contributed by atoms with van der Waals surface area (Å²) >= 11 is 0. The molecule has 0 bridgehead atoms. The summed E-state index contributed by atoms with van der Waals surface area (Å²) < 4.78 is 43.9. The Morgan fingerprint density at radius 1 is 1.12 bits per heavy atom. The number of nitrogens with two attached hydrogens (primary N) is 1. The number of alkyl halides is 3. The van der Waals surface area contributed by atoms with Crippen LogP contribution in [0, 0.1) is 5.41 Å². The number of amidine groups is 1. The van der Waals surface area contributed by atoms with Gasteiger partial charge in [0, 0.05) is 31.0 Å². The molecule has 1 unspecified atom stereocenters. The molecule has 5 N–H and O–H groups in total. The zero-order valence-corrected chi connectivity index (χ0v) is 23.3. The van der Waals surface area contributed by atoms with Crippen molar-refractivity contribution in [2.75, 3.05) is 20.3 Å². The highest BCUT2D eigenvalue weighted by Crippen LogP contribution is 2.30. The zero-order chi connectivity index (χ0) is 31.6. The summed E-state index contributed by atoms with van der Waals surface area (Å²) in [4.78, 5) is 32.9. The van der Waals surface area contributed by atoms with Crippen molar-refractivity contribution in [2.45, 2.75) is 31.9 Å². The first-order chi connectivity index (χ1) is 20.4. The van der Waals surface area contributed by atoms with E-state index in [1.54, 1.807) is 25.6 Å². The molecule has 0 amide bonds. The first-order valence-electron chi connectivity index (χ1n) is 12.9. The van der Waals surface area contributed by atoms with Crippen LogP contribution in [0.25, 0.3) is 5.95 Å². The van der Waals surface area contributed by atoms with Crippen LogP contribution in [0.4, 0.5) is 13.2 Å². The number of aryl methyl sites for hydroxylation is 1. The van der Waals surface area contributed by atoms with E-state index in [9.17, 15) is 18.0 Å². The summed E-state index contributed by atoms with van der Waals surface area (Å²) in [7, 11) is 1.63. The highest BCUT2D eigenvalue weighted by atomic mass is 19.4. The fraction of sp³-hybridized carbons (Fsp3) is 0.286. The van der Waals surface area contributed by atoms with E-state index in [1.807, 2.05) is 36.4 Å². The first kappa shape index (κ1) is 32.5. The second-order valence-corrected chi connectivity index (χ2v) is 9.05. The van der Waals surface area contributed by atoms with Crippen molar-refractivity contribution in [3.63, 3.8) is 0 Å². The third-order valence-electron chi connectivity index (χ3n) is 6.01. The van der Waals surface area contributed by atoms with E-state index in [1.165, 1.54) is 4.68 Å². The smallest absolute Gasteiger partial charge is 0.490 e. The molecule has 0 aliphatic carbocycles. The molecule has 0 saturated carbocycles. The first-order valence-corrected chi connectivity index (χ1v) is 12.9. The summed E-state index contributed by atoms with van der Waals surface area (Å²) in [5.74, 6) is -1.63. The fourth-order valence-corrected chi connectivity index (χ4v) is 3.88. The average molecular weight is 602 g/mol. The van der Waals surface area contributed by atoms with Gasteiger partial charge < -0.3 is 20.3 Å². The molecule has 43 heavy (non-hydrogen) atoms. The summed E-state index contributed by atoms with van der Waals surface area (Å²) in [5, 5.41) is 19.3. The number of nitrogens with one attached hydrogen (secondary N) is 2. The van der Waals surface area contributed by atoms with E-state index < -0.39 is 17.8 Å². The number of carboxylic acids is 1. The number of hydrogen-bond donors (Lipinski definition) is 4. The molecule has 0 aliphatic rings. The lowest BCUT2D eigenvalue weighted by molar-refractivity contribution is -0.192. The molecule has 228 valence electrons. The minimum Gasteiger partial charge on any atom is -0.491 e. The van der Waals surface area contributed by atoms with Crippen LogP contribution in [0.2, 0.25) is 0 Å². The Balaban J connectivity index is 0.000000646. The van der Waals surface area contributed by atoms with Gasteiger partial charge in [0.15, 0.2) is 0 Å². The van der Waals surface area contributed by atoms with Crippen molar-refractivity contribution < 1.29 is 32.5 Å². The summed E-state index contributed by atoms with van der Waals surface area (Å²) in [6.45, 7) is 2.99. The van der Waals surface area contributed by atoms with Crippen LogP contribution in [-0.2, 0) is 22.4 Å². The maximum atomic E-state index is 12.8. The van der Waals surface area contributed by atoms with Gasteiger partial charge in [-0.25, -0.2) is 19.6 Å². The topological polar surface area (TPSA) is 182 Å². The molecule has 4 aromatic rings. The fourth-order valence-electron chi connectivity index (χ4n) is 3.88. The maximum absolute atomic E-state index is 12.8. The number of benzene rings is 2. The molecule has 0 spiro atoms. The minimum absolute atomic E-state index is 0.0116. The van der Waals surface area contributed by atoms with Crippen molar-refractivity contribution in [1.82, 2.24) is 24.7 Å². The second kappa shape index (κ2) is 14.7. The van der Waals surface area contributed by atoms with Gasteiger partial charge in [0.25, 0.3) is 5.95 Å². The van der Waals surface area contributed by atoms with Crippen molar-refractivity contribution in [1.29, 1.82) is 5.41 Å². The monoisotopic (exact) mass is 601 g/mol. The van der Waals surface area contributed by atoms with Crippen LogP contribution in [0.3, 0.4) is 0 Å². The van der Waals surface area contributed by atoms with Crippen LogP contribution in [0.1, 0.15) is 40.9 Å². The van der Waals surface area contributed by atoms with Crippen LogP contribution >= 0.6 is 0 Å². The molecule has 15 heteroatoms. The number of carbonyl (C=O) groups is 1. The zero-order valence-electron chi connectivity index (χ0n) is 23.3. The van der Waals surface area contributed by atoms with Gasteiger partial charge in [-0.05, 0) is 47.7 Å². The van der Waals surface area contributed by atoms with E-state index in [4.69, 9.17) is 30.5 Å². The maximum Gasteiger partial charge on any atom is 0.490 e. The molecular weight excluding hydrogens is 571 g/mol. The molecule has 1 atom stereocenters. The highest BCUT2D eigenvalue weighted by molar-refractivity contribution is 5.94. The van der Waals surface area contributed by atoms with E-state index >= 15 is 0 Å². The van der Waals surface area contributed by atoms with Gasteiger partial charge in [-0.1, -0.05) is 37.3 Å². The van der Waals surface area contributed by atoms with Crippen LogP contribution in [0.5, 0.6) is 5.75 Å². The van der Waals surface area contributed by atoms with Gasteiger partial charge in [-0.3, -0.25) is 10.4 Å². The molecule has 0 saturated heterocycles. The average Bonchev–Trinajstić information content (AvgIpc) is 3.37. The Morgan fingerprint density at radius 3 is 2.33 bits per heavy atom. The normalized spacial score (nSPS) is 11.7. The largest absolute Gasteiger partial charge is 0.491 e. The SMILES string of the molecule is CCc1cc(OCCOC)cc(C(Cc2ccc(C(=N)N)cc2)c2nn(-c3ncccn3)c(=O)[nH]2)c1.O=C(O)C(F)(F)F. The van der Waals surface area contributed by atoms with Gasteiger partial charge >= 0.3 is 17.8 Å². The number of halogens is 3. The summed E-state index contributed by atoms with van der Waals surface area (Å²) in [5.41, 5.74) is 8.90. The molecule has 12 nitrogen and oxygen atoms in total. The predicted molar refractivity (Wildman–Crippen MR) is 150 cm³/mol. The van der Waals surface area contributed by atoms with Gasteiger partial charge in [-0.15, -0.1) is 9.78 Å². The number of rotatable bonds is 11. The third kappa shape index (κ3) is 9.22. The quantitative estimate of drug-likeness (QED) is 0.114. The lowest BCUT2D eigenvalue weighted by Gasteiger charge is -2.18. The number of aromatic nitrogens is 5. The number of aromatic amines is 1. The molecule has 0 aliphatic heterocycles. The second-order valence-electron chi connectivity index (χ2n) is 9.05. The number of ether oxygens (including phenoxy) is 2. The van der Waals surface area contributed by atoms with Crippen molar-refractivity contribution >= 4 is 11.8 Å². The molecule has 0 radical (unpaired) electrons. The number of nitrogens with zero attached hydrogens (tertiary/aromatic N) is 4. The lowest BCUT2D eigenvalue weighted by Crippen LogP contribution is -2.21. The summed E-state index contributed by atoms with van der Waals surface area (Å²) in [6.07, 6.45) is -0.597. The van der Waals surface area contributed by atoms with Crippen molar-refractivity contribution in [3.8, 4) is 11.7 Å². The molecular formula is C28H30F3N7O5. The Labute approximate surface area is 243 Å². The minimum atomic E-state index is -5.08. The van der Waals surface area contributed by atoms with E-state index in [0.717, 1.165) is 28.9 Å². The Morgan fingerprint density at radius 2 is 1.77 bits per heavy atom. The van der Waals surface area contributed by atoms with E-state index in [0.29, 0.717) is 31.0 Å².